The number of hydrogen-bond acceptors (Lipinski definition) is 7. The van der Waals surface area contributed by atoms with E-state index in [9.17, 15) is 4.79 Å². The SMILES string of the molecule is Cc1nc(-c2ccsc2)sc1C(=O)NCCCc1nc(-c2ccncc2)cs1. The van der Waals surface area contributed by atoms with E-state index in [1.165, 1.54) is 11.3 Å². The van der Waals surface area contributed by atoms with Gasteiger partial charge in [-0.1, -0.05) is 0 Å². The van der Waals surface area contributed by atoms with Gasteiger partial charge in [-0.25, -0.2) is 9.97 Å². The molecule has 0 saturated carbocycles. The molecular formula is C20H18N4OS3. The number of amides is 1. The molecule has 0 aliphatic carbocycles. The van der Waals surface area contributed by atoms with Crippen LogP contribution in [0.2, 0.25) is 0 Å². The van der Waals surface area contributed by atoms with E-state index in [1.54, 1.807) is 35.1 Å². The molecule has 1 amide bonds. The first-order valence-electron chi connectivity index (χ1n) is 8.83. The quantitative estimate of drug-likeness (QED) is 0.419. The van der Waals surface area contributed by atoms with Crippen molar-refractivity contribution in [1.29, 1.82) is 0 Å². The molecule has 0 aromatic carbocycles. The van der Waals surface area contributed by atoms with Crippen LogP contribution in [-0.4, -0.2) is 27.4 Å². The number of thiophene rings is 1. The van der Waals surface area contributed by atoms with Gasteiger partial charge in [-0.15, -0.1) is 22.7 Å². The highest BCUT2D eigenvalue weighted by atomic mass is 32.1. The number of carbonyl (C=O) groups excluding carboxylic acids is 1. The molecule has 4 aromatic heterocycles. The molecule has 0 radical (unpaired) electrons. The number of hydrogen-bond donors (Lipinski definition) is 1. The molecule has 4 rings (SSSR count). The van der Waals surface area contributed by atoms with Crippen LogP contribution >= 0.6 is 34.0 Å². The first kappa shape index (κ1) is 18.9. The van der Waals surface area contributed by atoms with Crippen LogP contribution in [0.1, 0.15) is 26.8 Å². The lowest BCUT2D eigenvalue weighted by Crippen LogP contribution is -2.24. The van der Waals surface area contributed by atoms with Crippen LogP contribution in [0.4, 0.5) is 0 Å². The van der Waals surface area contributed by atoms with Crippen LogP contribution in [0.25, 0.3) is 21.8 Å². The third-order valence-corrected chi connectivity index (χ3v) is 6.95. The highest BCUT2D eigenvalue weighted by molar-refractivity contribution is 7.17. The summed E-state index contributed by atoms with van der Waals surface area (Å²) in [5.74, 6) is -0.0481. The largest absolute Gasteiger partial charge is 0.351 e. The Morgan fingerprint density at radius 2 is 1.96 bits per heavy atom. The smallest absolute Gasteiger partial charge is 0.263 e. The maximum Gasteiger partial charge on any atom is 0.263 e. The van der Waals surface area contributed by atoms with E-state index in [1.807, 2.05) is 35.9 Å². The van der Waals surface area contributed by atoms with E-state index in [2.05, 4.69) is 25.6 Å². The highest BCUT2D eigenvalue weighted by Gasteiger charge is 2.16. The van der Waals surface area contributed by atoms with E-state index in [0.29, 0.717) is 11.4 Å². The average molecular weight is 427 g/mol. The number of pyridine rings is 1. The second-order valence-electron chi connectivity index (χ2n) is 6.17. The molecule has 0 spiro atoms. The van der Waals surface area contributed by atoms with E-state index < -0.39 is 0 Å². The summed E-state index contributed by atoms with van der Waals surface area (Å²) in [6.45, 7) is 2.51. The number of aromatic nitrogens is 3. The lowest BCUT2D eigenvalue weighted by molar-refractivity contribution is 0.0956. The van der Waals surface area contributed by atoms with Gasteiger partial charge in [0.25, 0.3) is 5.91 Å². The number of nitrogens with zero attached hydrogens (tertiary/aromatic N) is 3. The fraction of sp³-hybridized carbons (Fsp3) is 0.200. The Bertz CT molecular complexity index is 1050. The summed E-state index contributed by atoms with van der Waals surface area (Å²) < 4.78 is 0. The first-order valence-corrected chi connectivity index (χ1v) is 11.5. The molecule has 0 bridgehead atoms. The van der Waals surface area contributed by atoms with Gasteiger partial charge in [0, 0.05) is 47.2 Å². The summed E-state index contributed by atoms with van der Waals surface area (Å²) in [5.41, 5.74) is 3.91. The molecule has 5 nitrogen and oxygen atoms in total. The molecule has 28 heavy (non-hydrogen) atoms. The van der Waals surface area contributed by atoms with Gasteiger partial charge in [-0.05, 0) is 36.9 Å². The molecule has 1 N–H and O–H groups in total. The lowest BCUT2D eigenvalue weighted by Gasteiger charge is -2.03. The van der Waals surface area contributed by atoms with Crippen molar-refractivity contribution in [1.82, 2.24) is 20.3 Å². The van der Waals surface area contributed by atoms with Crippen LogP contribution in [0.5, 0.6) is 0 Å². The minimum atomic E-state index is -0.0481. The summed E-state index contributed by atoms with van der Waals surface area (Å²) in [5, 5.41) is 11.1. The van der Waals surface area contributed by atoms with Gasteiger partial charge < -0.3 is 5.32 Å². The topological polar surface area (TPSA) is 67.8 Å². The first-order chi connectivity index (χ1) is 13.7. The van der Waals surface area contributed by atoms with E-state index >= 15 is 0 Å². The molecule has 4 aromatic rings. The summed E-state index contributed by atoms with van der Waals surface area (Å²) >= 11 is 4.73. The Morgan fingerprint density at radius 1 is 1.11 bits per heavy atom. The van der Waals surface area contributed by atoms with Gasteiger partial charge in [0.05, 0.1) is 16.4 Å². The predicted molar refractivity (Wildman–Crippen MR) is 116 cm³/mol. The average Bonchev–Trinajstić information content (AvgIpc) is 3.46. The minimum Gasteiger partial charge on any atom is -0.351 e. The maximum absolute atomic E-state index is 12.5. The molecule has 4 heterocycles. The van der Waals surface area contributed by atoms with Crippen LogP contribution in [-0.2, 0) is 6.42 Å². The van der Waals surface area contributed by atoms with Crippen molar-refractivity contribution in [2.75, 3.05) is 6.54 Å². The second-order valence-corrected chi connectivity index (χ2v) is 8.89. The van der Waals surface area contributed by atoms with Crippen molar-refractivity contribution in [3.8, 4) is 21.8 Å². The second kappa shape index (κ2) is 8.72. The van der Waals surface area contributed by atoms with Crippen LogP contribution in [0, 0.1) is 6.92 Å². The van der Waals surface area contributed by atoms with Crippen molar-refractivity contribution in [3.05, 3.63) is 62.3 Å². The molecule has 142 valence electrons. The fourth-order valence-corrected chi connectivity index (χ4v) is 5.26. The van der Waals surface area contributed by atoms with Gasteiger partial charge >= 0.3 is 0 Å². The van der Waals surface area contributed by atoms with E-state index in [0.717, 1.165) is 45.4 Å². The standard InChI is InChI=1S/C20H18N4OS3/c1-13-18(28-20(23-13)15-6-10-26-11-15)19(25)22-7-2-3-17-24-16(12-27-17)14-4-8-21-9-5-14/h4-6,8-12H,2-3,7H2,1H3,(H,22,25). The monoisotopic (exact) mass is 426 g/mol. The van der Waals surface area contributed by atoms with Crippen molar-refractivity contribution in [3.63, 3.8) is 0 Å². The van der Waals surface area contributed by atoms with Gasteiger partial charge in [0.2, 0.25) is 0 Å². The Morgan fingerprint density at radius 3 is 2.75 bits per heavy atom. The van der Waals surface area contributed by atoms with Gasteiger partial charge in [0.1, 0.15) is 9.88 Å². The van der Waals surface area contributed by atoms with Crippen molar-refractivity contribution in [2.45, 2.75) is 19.8 Å². The van der Waals surface area contributed by atoms with E-state index in [-0.39, 0.29) is 5.91 Å². The van der Waals surface area contributed by atoms with Crippen LogP contribution in [0.15, 0.2) is 46.7 Å². The molecule has 0 aliphatic rings. The third kappa shape index (κ3) is 4.35. The molecule has 8 heteroatoms. The number of rotatable bonds is 7. The Balaban J connectivity index is 1.29. The van der Waals surface area contributed by atoms with Gasteiger partial charge in [-0.2, -0.15) is 11.3 Å². The molecule has 0 unspecified atom stereocenters. The van der Waals surface area contributed by atoms with E-state index in [4.69, 9.17) is 0 Å². The van der Waals surface area contributed by atoms with Crippen LogP contribution in [0.3, 0.4) is 0 Å². The zero-order valence-corrected chi connectivity index (χ0v) is 17.7. The number of thiazole rings is 2. The normalized spacial score (nSPS) is 10.9. The molecular weight excluding hydrogens is 408 g/mol. The van der Waals surface area contributed by atoms with Crippen molar-refractivity contribution < 1.29 is 4.79 Å². The molecule has 0 fully saturated rings. The number of carbonyl (C=O) groups is 1. The van der Waals surface area contributed by atoms with Gasteiger partial charge in [0.15, 0.2) is 0 Å². The fourth-order valence-electron chi connectivity index (χ4n) is 2.72. The summed E-state index contributed by atoms with van der Waals surface area (Å²) in [7, 11) is 0. The molecule has 0 saturated heterocycles. The maximum atomic E-state index is 12.5. The van der Waals surface area contributed by atoms with Crippen LogP contribution < -0.4 is 5.32 Å². The summed E-state index contributed by atoms with van der Waals surface area (Å²) in [6.07, 6.45) is 5.24. The lowest BCUT2D eigenvalue weighted by atomic mass is 10.2. The predicted octanol–water partition coefficient (Wildman–Crippen LogP) is 5.06. The van der Waals surface area contributed by atoms with Crippen molar-refractivity contribution >= 4 is 39.9 Å². The number of aryl methyl sites for hydroxylation is 2. The molecule has 0 atom stereocenters. The summed E-state index contributed by atoms with van der Waals surface area (Å²) in [6, 6.07) is 5.94. The third-order valence-electron chi connectivity index (χ3n) is 4.15. The zero-order valence-electron chi connectivity index (χ0n) is 15.2. The van der Waals surface area contributed by atoms with Gasteiger partial charge in [-0.3, -0.25) is 9.78 Å². The highest BCUT2D eigenvalue weighted by Crippen LogP contribution is 2.29. The Hall–Kier alpha value is -2.42. The Kier molecular flexibility index (Phi) is 5.90. The van der Waals surface area contributed by atoms with Crippen molar-refractivity contribution in [2.24, 2.45) is 0 Å². The number of nitrogens with one attached hydrogen (secondary N) is 1. The summed E-state index contributed by atoms with van der Waals surface area (Å²) in [4.78, 5) is 26.4. The minimum absolute atomic E-state index is 0.0481. The Labute approximate surface area is 175 Å². The zero-order chi connectivity index (χ0) is 19.3. The molecule has 0 aliphatic heterocycles.